The highest BCUT2D eigenvalue weighted by molar-refractivity contribution is 5.76. The lowest BCUT2D eigenvalue weighted by molar-refractivity contribution is -0.130. The lowest BCUT2D eigenvalue weighted by Crippen LogP contribution is -2.29. The van der Waals surface area contributed by atoms with Crippen LogP contribution >= 0.6 is 0 Å². The highest BCUT2D eigenvalue weighted by Gasteiger charge is 2.21. The predicted molar refractivity (Wildman–Crippen MR) is 82.1 cm³/mol. The second-order valence-electron chi connectivity index (χ2n) is 6.09. The monoisotopic (exact) mass is 290 g/mol. The average Bonchev–Trinajstić information content (AvgIpc) is 3.13. The molecular formula is C16H26N4O. The minimum atomic E-state index is 0.311. The van der Waals surface area contributed by atoms with Crippen molar-refractivity contribution in [1.29, 1.82) is 0 Å². The predicted octanol–water partition coefficient (Wildman–Crippen LogP) is 1.49. The highest BCUT2D eigenvalue weighted by atomic mass is 16.2. The van der Waals surface area contributed by atoms with Crippen molar-refractivity contribution in [2.75, 3.05) is 19.6 Å². The van der Waals surface area contributed by atoms with E-state index in [1.54, 1.807) is 0 Å². The van der Waals surface area contributed by atoms with Crippen molar-refractivity contribution in [2.45, 2.75) is 58.5 Å². The molecule has 21 heavy (non-hydrogen) atoms. The number of carbonyl (C=O) groups excluding carboxylic acids is 1. The highest BCUT2D eigenvalue weighted by Crippen LogP contribution is 2.18. The number of imidazole rings is 1. The zero-order valence-electron chi connectivity index (χ0n) is 13.0. The summed E-state index contributed by atoms with van der Waals surface area (Å²) in [7, 11) is 0. The maximum absolute atomic E-state index is 12.3. The van der Waals surface area contributed by atoms with E-state index in [0.717, 1.165) is 52.0 Å². The molecule has 1 aromatic heterocycles. The number of nitrogens with zero attached hydrogens (tertiary/aromatic N) is 3. The van der Waals surface area contributed by atoms with Crippen molar-refractivity contribution in [3.05, 3.63) is 17.2 Å². The van der Waals surface area contributed by atoms with Gasteiger partial charge in [0.15, 0.2) is 0 Å². The topological polar surface area (TPSA) is 50.2 Å². The second-order valence-corrected chi connectivity index (χ2v) is 6.09. The largest absolute Gasteiger partial charge is 0.343 e. The number of nitrogens with one attached hydrogen (secondary N) is 1. The van der Waals surface area contributed by atoms with Crippen LogP contribution < -0.4 is 5.32 Å². The first-order valence-electron chi connectivity index (χ1n) is 8.35. The van der Waals surface area contributed by atoms with Gasteiger partial charge in [-0.05, 0) is 19.3 Å². The Morgan fingerprint density at radius 1 is 1.33 bits per heavy atom. The smallest absolute Gasteiger partial charge is 0.224 e. The summed E-state index contributed by atoms with van der Waals surface area (Å²) in [6.07, 6.45) is 6.09. The van der Waals surface area contributed by atoms with Gasteiger partial charge in [-0.1, -0.05) is 6.92 Å². The molecule has 3 rings (SSSR count). The van der Waals surface area contributed by atoms with Gasteiger partial charge < -0.3 is 14.8 Å². The molecule has 0 aliphatic carbocycles. The van der Waals surface area contributed by atoms with Crippen LogP contribution in [-0.2, 0) is 30.7 Å². The van der Waals surface area contributed by atoms with Gasteiger partial charge in [-0.2, -0.15) is 0 Å². The van der Waals surface area contributed by atoms with Crippen molar-refractivity contribution in [3.8, 4) is 0 Å². The molecule has 5 heteroatoms. The number of carbonyl (C=O) groups is 1. The fourth-order valence-corrected chi connectivity index (χ4v) is 3.44. The zero-order valence-corrected chi connectivity index (χ0v) is 13.0. The van der Waals surface area contributed by atoms with Crippen molar-refractivity contribution in [3.63, 3.8) is 0 Å². The van der Waals surface area contributed by atoms with Crippen LogP contribution in [0.25, 0.3) is 0 Å². The summed E-state index contributed by atoms with van der Waals surface area (Å²) in [6, 6.07) is 0. The summed E-state index contributed by atoms with van der Waals surface area (Å²) < 4.78 is 2.33. The van der Waals surface area contributed by atoms with Crippen LogP contribution in [0.3, 0.4) is 0 Å². The molecule has 3 heterocycles. The Morgan fingerprint density at radius 2 is 2.14 bits per heavy atom. The Balaban J connectivity index is 1.70. The van der Waals surface area contributed by atoms with Crippen LogP contribution in [0.15, 0.2) is 0 Å². The molecule has 0 bridgehead atoms. The summed E-state index contributed by atoms with van der Waals surface area (Å²) in [4.78, 5) is 19.1. The lowest BCUT2D eigenvalue weighted by Gasteiger charge is -2.18. The van der Waals surface area contributed by atoms with E-state index in [1.165, 1.54) is 30.1 Å². The van der Waals surface area contributed by atoms with E-state index in [-0.39, 0.29) is 0 Å². The standard InChI is InChI=1S/C16H26N4O/c1-2-5-15-18-13-12-17-8-6-14(13)20(15)11-7-16(21)19-9-3-4-10-19/h17H,2-12H2,1H3. The first kappa shape index (κ1) is 14.6. The molecule has 0 aromatic carbocycles. The van der Waals surface area contributed by atoms with Crippen LogP contribution in [0.4, 0.5) is 0 Å². The van der Waals surface area contributed by atoms with Crippen molar-refractivity contribution < 1.29 is 4.79 Å². The van der Waals surface area contributed by atoms with Gasteiger partial charge in [0, 0.05) is 57.7 Å². The molecule has 1 aromatic rings. The molecule has 2 aliphatic heterocycles. The maximum Gasteiger partial charge on any atom is 0.224 e. The SMILES string of the molecule is CCCc1nc2c(n1CCC(=O)N1CCCC1)CCNC2. The fraction of sp³-hybridized carbons (Fsp3) is 0.750. The van der Waals surface area contributed by atoms with E-state index in [0.29, 0.717) is 12.3 Å². The van der Waals surface area contributed by atoms with Gasteiger partial charge in [-0.3, -0.25) is 4.79 Å². The van der Waals surface area contributed by atoms with E-state index in [4.69, 9.17) is 4.98 Å². The summed E-state index contributed by atoms with van der Waals surface area (Å²) in [6.45, 7) is 6.78. The van der Waals surface area contributed by atoms with Crippen molar-refractivity contribution in [1.82, 2.24) is 19.8 Å². The van der Waals surface area contributed by atoms with E-state index in [9.17, 15) is 4.79 Å². The van der Waals surface area contributed by atoms with Crippen LogP contribution in [0.5, 0.6) is 0 Å². The molecule has 1 amide bonds. The van der Waals surface area contributed by atoms with Crippen molar-refractivity contribution in [2.24, 2.45) is 0 Å². The Kier molecular flexibility index (Phi) is 4.58. The van der Waals surface area contributed by atoms with Gasteiger partial charge in [0.25, 0.3) is 0 Å². The summed E-state index contributed by atoms with van der Waals surface area (Å²) >= 11 is 0. The normalized spacial score (nSPS) is 18.0. The minimum absolute atomic E-state index is 0.311. The second kappa shape index (κ2) is 6.60. The molecular weight excluding hydrogens is 264 g/mol. The number of hydrogen-bond donors (Lipinski definition) is 1. The Morgan fingerprint density at radius 3 is 2.90 bits per heavy atom. The van der Waals surface area contributed by atoms with E-state index in [1.807, 2.05) is 4.90 Å². The number of hydrogen-bond acceptors (Lipinski definition) is 3. The van der Waals surface area contributed by atoms with Crippen molar-refractivity contribution >= 4 is 5.91 Å². The van der Waals surface area contributed by atoms with Crippen LogP contribution in [-0.4, -0.2) is 40.0 Å². The fourth-order valence-electron chi connectivity index (χ4n) is 3.44. The first-order chi connectivity index (χ1) is 10.3. The van der Waals surface area contributed by atoms with Gasteiger partial charge in [-0.15, -0.1) is 0 Å². The molecule has 0 spiro atoms. The minimum Gasteiger partial charge on any atom is -0.343 e. The van der Waals surface area contributed by atoms with Gasteiger partial charge in [-0.25, -0.2) is 4.98 Å². The maximum atomic E-state index is 12.3. The molecule has 1 saturated heterocycles. The molecule has 0 saturated carbocycles. The molecule has 0 atom stereocenters. The van der Waals surface area contributed by atoms with Gasteiger partial charge in [0.1, 0.15) is 5.82 Å². The third-order valence-electron chi connectivity index (χ3n) is 4.55. The van der Waals surface area contributed by atoms with Gasteiger partial charge in [0.2, 0.25) is 5.91 Å². The molecule has 1 N–H and O–H groups in total. The molecule has 1 fully saturated rings. The van der Waals surface area contributed by atoms with Gasteiger partial charge in [0.05, 0.1) is 5.69 Å². The summed E-state index contributed by atoms with van der Waals surface area (Å²) in [5, 5.41) is 3.38. The Hall–Kier alpha value is -1.36. The summed E-state index contributed by atoms with van der Waals surface area (Å²) in [5.41, 5.74) is 2.55. The van der Waals surface area contributed by atoms with E-state index in [2.05, 4.69) is 16.8 Å². The molecule has 0 unspecified atom stereocenters. The average molecular weight is 290 g/mol. The van der Waals surface area contributed by atoms with Crippen LogP contribution in [0, 0.1) is 0 Å². The quantitative estimate of drug-likeness (QED) is 0.894. The number of aryl methyl sites for hydroxylation is 1. The molecule has 5 nitrogen and oxygen atoms in total. The Labute approximate surface area is 126 Å². The van der Waals surface area contributed by atoms with E-state index >= 15 is 0 Å². The number of likely N-dealkylation sites (tertiary alicyclic amines) is 1. The number of aromatic nitrogens is 2. The number of amides is 1. The van der Waals surface area contributed by atoms with Gasteiger partial charge >= 0.3 is 0 Å². The third-order valence-corrected chi connectivity index (χ3v) is 4.55. The lowest BCUT2D eigenvalue weighted by atomic mass is 10.2. The first-order valence-corrected chi connectivity index (χ1v) is 8.35. The molecule has 0 radical (unpaired) electrons. The zero-order chi connectivity index (χ0) is 14.7. The number of rotatable bonds is 5. The molecule has 2 aliphatic rings. The van der Waals surface area contributed by atoms with Crippen LogP contribution in [0.1, 0.15) is 49.8 Å². The van der Waals surface area contributed by atoms with E-state index < -0.39 is 0 Å². The Bertz CT molecular complexity index is 503. The van der Waals surface area contributed by atoms with Crippen LogP contribution in [0.2, 0.25) is 0 Å². The molecule has 116 valence electrons. The summed E-state index contributed by atoms with van der Waals surface area (Å²) in [5.74, 6) is 1.48. The number of fused-ring (bicyclic) bond motifs is 1. The third kappa shape index (κ3) is 3.12.